The smallest absolute Gasteiger partial charge is 0.292 e. The number of methoxy groups -OCH3 is 2. The first kappa shape index (κ1) is 20.0. The van der Waals surface area contributed by atoms with Crippen LogP contribution < -0.4 is 14.8 Å². The molecule has 1 N–H and O–H groups in total. The minimum absolute atomic E-state index is 0.171. The van der Waals surface area contributed by atoms with E-state index < -0.39 is 5.91 Å². The van der Waals surface area contributed by atoms with Gasteiger partial charge in [-0.3, -0.25) is 14.3 Å². The van der Waals surface area contributed by atoms with E-state index in [-0.39, 0.29) is 17.4 Å². The molecule has 0 aliphatic heterocycles. The van der Waals surface area contributed by atoms with Gasteiger partial charge in [0.2, 0.25) is 0 Å². The maximum absolute atomic E-state index is 12.8. The molecule has 0 fully saturated rings. The predicted octanol–water partition coefficient (Wildman–Crippen LogP) is 2.55. The summed E-state index contributed by atoms with van der Waals surface area (Å²) in [5, 5.41) is 6.88. The van der Waals surface area contributed by atoms with E-state index in [4.69, 9.17) is 13.9 Å². The zero-order valence-electron chi connectivity index (χ0n) is 16.6. The minimum atomic E-state index is -0.421. The number of benzene rings is 1. The van der Waals surface area contributed by atoms with Gasteiger partial charge in [0.05, 0.1) is 20.5 Å². The lowest BCUT2D eigenvalue weighted by Gasteiger charge is -2.17. The summed E-state index contributed by atoms with van der Waals surface area (Å²) in [6.07, 6.45) is 1.41. The van der Waals surface area contributed by atoms with Crippen LogP contribution in [0.5, 0.6) is 11.5 Å². The van der Waals surface area contributed by atoms with Crippen molar-refractivity contribution in [1.82, 2.24) is 14.7 Å². The van der Waals surface area contributed by atoms with Crippen LogP contribution in [0.15, 0.2) is 47.1 Å². The maximum atomic E-state index is 12.8. The third-order valence-electron chi connectivity index (χ3n) is 4.30. The number of rotatable bonds is 7. The standard InChI is InChI=1S/C20H22N4O5/c1-23(12-13-7-8-15(27-3)17(10-13)28-4)20(26)14-11-18(24(2)22-14)21-19(25)16-6-5-9-29-16/h5-11H,12H2,1-4H3,(H,21,25). The van der Waals surface area contributed by atoms with Crippen LogP contribution >= 0.6 is 0 Å². The predicted molar refractivity (Wildman–Crippen MR) is 105 cm³/mol. The van der Waals surface area contributed by atoms with Crippen molar-refractivity contribution in [3.8, 4) is 11.5 Å². The Labute approximate surface area is 167 Å². The average Bonchev–Trinajstić information content (AvgIpc) is 3.37. The van der Waals surface area contributed by atoms with E-state index >= 15 is 0 Å². The van der Waals surface area contributed by atoms with Gasteiger partial charge in [-0.1, -0.05) is 6.07 Å². The molecular weight excluding hydrogens is 376 g/mol. The number of hydrogen-bond donors (Lipinski definition) is 1. The zero-order chi connectivity index (χ0) is 21.0. The summed E-state index contributed by atoms with van der Waals surface area (Å²) >= 11 is 0. The lowest BCUT2D eigenvalue weighted by Crippen LogP contribution is -2.26. The molecule has 2 heterocycles. The second-order valence-corrected chi connectivity index (χ2v) is 6.32. The van der Waals surface area contributed by atoms with Gasteiger partial charge in [-0.2, -0.15) is 5.10 Å². The highest BCUT2D eigenvalue weighted by atomic mass is 16.5. The minimum Gasteiger partial charge on any atom is -0.493 e. The number of hydrogen-bond acceptors (Lipinski definition) is 6. The number of anilines is 1. The summed E-state index contributed by atoms with van der Waals surface area (Å²) in [6, 6.07) is 10.2. The molecule has 1 aromatic carbocycles. The van der Waals surface area contributed by atoms with Crippen molar-refractivity contribution in [2.75, 3.05) is 26.6 Å². The van der Waals surface area contributed by atoms with Gasteiger partial charge in [0, 0.05) is 26.7 Å². The van der Waals surface area contributed by atoms with Crippen LogP contribution in [0.2, 0.25) is 0 Å². The highest BCUT2D eigenvalue weighted by Crippen LogP contribution is 2.28. The molecule has 2 aromatic heterocycles. The number of carbonyl (C=O) groups is 2. The van der Waals surface area contributed by atoms with Crippen LogP contribution in [0.1, 0.15) is 26.6 Å². The van der Waals surface area contributed by atoms with Crippen molar-refractivity contribution in [1.29, 1.82) is 0 Å². The largest absolute Gasteiger partial charge is 0.493 e. The third-order valence-corrected chi connectivity index (χ3v) is 4.30. The van der Waals surface area contributed by atoms with Crippen molar-refractivity contribution < 1.29 is 23.5 Å². The van der Waals surface area contributed by atoms with Crippen molar-refractivity contribution in [3.63, 3.8) is 0 Å². The Morgan fingerprint density at radius 1 is 1.17 bits per heavy atom. The molecule has 9 nitrogen and oxygen atoms in total. The van der Waals surface area contributed by atoms with E-state index in [9.17, 15) is 9.59 Å². The van der Waals surface area contributed by atoms with Crippen molar-refractivity contribution in [2.24, 2.45) is 7.05 Å². The van der Waals surface area contributed by atoms with Gasteiger partial charge >= 0.3 is 0 Å². The first-order valence-electron chi connectivity index (χ1n) is 8.78. The molecule has 0 saturated heterocycles. The Morgan fingerprint density at radius 2 is 1.93 bits per heavy atom. The Balaban J connectivity index is 1.71. The number of ether oxygens (including phenoxy) is 2. The van der Waals surface area contributed by atoms with E-state index in [0.29, 0.717) is 23.9 Å². The van der Waals surface area contributed by atoms with Gasteiger partial charge in [-0.05, 0) is 29.8 Å². The van der Waals surface area contributed by atoms with Gasteiger partial charge in [0.15, 0.2) is 23.0 Å². The monoisotopic (exact) mass is 398 g/mol. The molecule has 0 unspecified atom stereocenters. The molecule has 0 atom stereocenters. The lowest BCUT2D eigenvalue weighted by atomic mass is 10.2. The summed E-state index contributed by atoms with van der Waals surface area (Å²) in [6.45, 7) is 0.351. The summed E-state index contributed by atoms with van der Waals surface area (Å²) < 4.78 is 17.0. The Morgan fingerprint density at radius 3 is 2.59 bits per heavy atom. The van der Waals surface area contributed by atoms with E-state index in [1.807, 2.05) is 12.1 Å². The molecule has 0 aliphatic carbocycles. The Hall–Kier alpha value is -3.75. The number of carbonyl (C=O) groups excluding carboxylic acids is 2. The molecule has 0 spiro atoms. The molecular formula is C20H22N4O5. The molecule has 3 aromatic rings. The van der Waals surface area contributed by atoms with Crippen molar-refractivity contribution >= 4 is 17.6 Å². The van der Waals surface area contributed by atoms with Gasteiger partial charge in [-0.25, -0.2) is 0 Å². The molecule has 9 heteroatoms. The molecule has 29 heavy (non-hydrogen) atoms. The highest BCUT2D eigenvalue weighted by Gasteiger charge is 2.19. The van der Waals surface area contributed by atoms with Gasteiger partial charge < -0.3 is 24.1 Å². The molecule has 2 amide bonds. The van der Waals surface area contributed by atoms with Crippen LogP contribution in [0.4, 0.5) is 5.82 Å². The molecule has 0 saturated carbocycles. The number of aromatic nitrogens is 2. The number of nitrogens with one attached hydrogen (secondary N) is 1. The average molecular weight is 398 g/mol. The fourth-order valence-electron chi connectivity index (χ4n) is 2.79. The van der Waals surface area contributed by atoms with Crippen LogP contribution in [0.3, 0.4) is 0 Å². The molecule has 0 bridgehead atoms. The molecule has 0 radical (unpaired) electrons. The van der Waals surface area contributed by atoms with Crippen molar-refractivity contribution in [2.45, 2.75) is 6.54 Å². The summed E-state index contributed by atoms with van der Waals surface area (Å²) in [7, 11) is 6.44. The molecule has 152 valence electrons. The van der Waals surface area contributed by atoms with E-state index in [2.05, 4.69) is 10.4 Å². The molecule has 0 aliphatic rings. The number of nitrogens with zero attached hydrogens (tertiary/aromatic N) is 3. The van der Waals surface area contributed by atoms with Crippen LogP contribution in [-0.2, 0) is 13.6 Å². The highest BCUT2D eigenvalue weighted by molar-refractivity contribution is 6.02. The fourth-order valence-corrected chi connectivity index (χ4v) is 2.79. The SMILES string of the molecule is COc1ccc(CN(C)C(=O)c2cc(NC(=O)c3ccco3)n(C)n2)cc1OC. The second kappa shape index (κ2) is 8.51. The quantitative estimate of drug-likeness (QED) is 0.657. The topological polar surface area (TPSA) is 98.8 Å². The van der Waals surface area contributed by atoms with Crippen LogP contribution in [0, 0.1) is 0 Å². The van der Waals surface area contributed by atoms with Gasteiger partial charge in [0.25, 0.3) is 11.8 Å². The zero-order valence-corrected chi connectivity index (χ0v) is 16.6. The second-order valence-electron chi connectivity index (χ2n) is 6.32. The maximum Gasteiger partial charge on any atom is 0.292 e. The fraction of sp³-hybridized carbons (Fsp3) is 0.250. The first-order valence-corrected chi connectivity index (χ1v) is 8.78. The number of furan rings is 1. The lowest BCUT2D eigenvalue weighted by molar-refractivity contribution is 0.0778. The van der Waals surface area contributed by atoms with E-state index in [0.717, 1.165) is 5.56 Å². The molecule has 3 rings (SSSR count). The number of aryl methyl sites for hydroxylation is 1. The van der Waals surface area contributed by atoms with Gasteiger partial charge in [0.1, 0.15) is 5.82 Å². The third kappa shape index (κ3) is 4.40. The Bertz CT molecular complexity index is 1010. The van der Waals surface area contributed by atoms with E-state index in [1.165, 1.54) is 21.9 Å². The van der Waals surface area contributed by atoms with Gasteiger partial charge in [-0.15, -0.1) is 0 Å². The van der Waals surface area contributed by atoms with Crippen LogP contribution in [0.25, 0.3) is 0 Å². The summed E-state index contributed by atoms with van der Waals surface area (Å²) in [5.41, 5.74) is 1.09. The normalized spacial score (nSPS) is 10.5. The Kier molecular flexibility index (Phi) is 5.87. The summed E-state index contributed by atoms with van der Waals surface area (Å²) in [5.74, 6) is 1.06. The number of amides is 2. The van der Waals surface area contributed by atoms with Crippen molar-refractivity contribution in [3.05, 3.63) is 59.7 Å². The first-order chi connectivity index (χ1) is 13.9. The van der Waals surface area contributed by atoms with Crippen LogP contribution in [-0.4, -0.2) is 47.8 Å². The van der Waals surface area contributed by atoms with E-state index in [1.54, 1.807) is 46.5 Å². The summed E-state index contributed by atoms with van der Waals surface area (Å²) in [4.78, 5) is 26.4.